The van der Waals surface area contributed by atoms with Gasteiger partial charge in [0.1, 0.15) is 11.4 Å². The van der Waals surface area contributed by atoms with E-state index in [4.69, 9.17) is 25.3 Å². The molecule has 2 N–H and O–H groups in total. The fraction of sp³-hybridized carbons (Fsp3) is 0. The van der Waals surface area contributed by atoms with E-state index in [1.54, 1.807) is 0 Å². The van der Waals surface area contributed by atoms with Gasteiger partial charge in [-0.05, 0) is 29.7 Å². The predicted octanol–water partition coefficient (Wildman–Crippen LogP) is 4.91. The number of para-hydroxylation sites is 2. The first-order chi connectivity index (χ1) is 16.7. The summed E-state index contributed by atoms with van der Waals surface area (Å²) in [5.74, 6) is 0. The first-order valence-corrected chi connectivity index (χ1v) is 11.3. The summed E-state index contributed by atoms with van der Waals surface area (Å²) in [6.07, 6.45) is 0. The largest absolute Gasteiger partial charge is 2.00 e. The molecule has 5 rings (SSSR count). The molecule has 0 bridgehead atoms. The summed E-state index contributed by atoms with van der Waals surface area (Å²) >= 11 is 10.8. The average molecular weight is 544 g/mol. The van der Waals surface area contributed by atoms with E-state index in [-0.39, 0.29) is 29.8 Å². The van der Waals surface area contributed by atoms with Crippen molar-refractivity contribution in [1.29, 1.82) is 0 Å². The fourth-order valence-electron chi connectivity index (χ4n) is 3.71. The summed E-state index contributed by atoms with van der Waals surface area (Å²) in [4.78, 5) is 8.77. The minimum Gasteiger partial charge on any atom is -0.741 e. The van der Waals surface area contributed by atoms with Gasteiger partial charge in [0.05, 0.1) is 11.4 Å². The minimum absolute atomic E-state index is 0. The maximum absolute atomic E-state index is 5.38. The zero-order valence-corrected chi connectivity index (χ0v) is 23.2. The van der Waals surface area contributed by atoms with Gasteiger partial charge in [-0.15, -0.1) is 0 Å². The van der Waals surface area contributed by atoms with Crippen molar-refractivity contribution in [3.8, 4) is 0 Å². The van der Waals surface area contributed by atoms with Crippen molar-refractivity contribution >= 4 is 69.2 Å². The van der Waals surface area contributed by atoms with Gasteiger partial charge < -0.3 is 25.3 Å². The molecular weight excluding hydrogens is 526 g/mol. The number of hydrazone groups is 2. The Morgan fingerprint density at radius 2 is 0.971 bits per heavy atom. The number of nitrogens with one attached hydrogen (secondary N) is 2. The number of amidine groups is 2. The number of nitrogens with zero attached hydrogens (tertiary/aromatic N) is 4. The second-order valence-electron chi connectivity index (χ2n) is 7.36. The van der Waals surface area contributed by atoms with Crippen LogP contribution in [0.15, 0.2) is 117 Å². The van der Waals surface area contributed by atoms with E-state index in [0.717, 1.165) is 33.3 Å². The Morgan fingerprint density at radius 3 is 1.40 bits per heavy atom. The molecule has 1 aliphatic carbocycles. The zero-order valence-electron chi connectivity index (χ0n) is 18.6. The molecule has 166 valence electrons. The van der Waals surface area contributed by atoms with Crippen LogP contribution in [0.25, 0.3) is 10.8 Å². The summed E-state index contributed by atoms with van der Waals surface area (Å²) in [7, 11) is 0. The molecule has 0 atom stereocenters. The van der Waals surface area contributed by atoms with Gasteiger partial charge in [-0.2, -0.15) is 10.2 Å². The number of hydrogen-bond donors (Lipinski definition) is 2. The summed E-state index contributed by atoms with van der Waals surface area (Å²) < 4.78 is 0. The maximum Gasteiger partial charge on any atom is 2.00 e. The van der Waals surface area contributed by atoms with Crippen LogP contribution in [0.4, 0.5) is 11.4 Å². The number of rotatable bonds is 4. The summed E-state index contributed by atoms with van der Waals surface area (Å²) in [6.45, 7) is 0. The molecule has 4 aromatic rings. The molecular formula is C26H18N6S2Zn. The number of benzene rings is 4. The standard InChI is InChI=1S/C26H20N6S2.Zn/c33-25(27-18-11-3-1-4-12-18)31-29-23-20-15-7-9-17-10-8-16-21(22(17)20)24(23)30-32-26(34)28-19-13-5-2-6-14-19;/h1-16H,(H2,27,31,33)(H2,28,32,34);/q;+2/p-2/b29-23-,30-24+;. The summed E-state index contributed by atoms with van der Waals surface area (Å²) in [5, 5.41) is 11.9. The molecule has 9 heteroatoms. The van der Waals surface area contributed by atoms with E-state index in [2.05, 4.69) is 43.2 Å². The summed E-state index contributed by atoms with van der Waals surface area (Å²) in [5.41, 5.74) is 10.5. The Kier molecular flexibility index (Phi) is 7.92. The van der Waals surface area contributed by atoms with E-state index >= 15 is 0 Å². The molecule has 0 spiro atoms. The first-order valence-electron chi connectivity index (χ1n) is 10.5. The van der Waals surface area contributed by atoms with E-state index < -0.39 is 0 Å². The van der Waals surface area contributed by atoms with Crippen molar-refractivity contribution in [1.82, 2.24) is 10.9 Å². The monoisotopic (exact) mass is 542 g/mol. The molecule has 0 fully saturated rings. The van der Waals surface area contributed by atoms with Crippen LogP contribution in [0.1, 0.15) is 11.1 Å². The van der Waals surface area contributed by atoms with Crippen LogP contribution < -0.4 is 10.9 Å². The summed E-state index contributed by atoms with van der Waals surface area (Å²) in [6, 6.07) is 31.1. The van der Waals surface area contributed by atoms with Crippen molar-refractivity contribution in [2.75, 3.05) is 0 Å². The topological polar surface area (TPSA) is 73.5 Å². The first kappa shape index (κ1) is 24.6. The molecule has 6 nitrogen and oxygen atoms in total. The van der Waals surface area contributed by atoms with Gasteiger partial charge in [-0.25, -0.2) is 0 Å². The molecule has 0 aliphatic heterocycles. The van der Waals surface area contributed by atoms with Crippen LogP contribution in [-0.2, 0) is 44.7 Å². The molecule has 0 saturated heterocycles. The molecule has 4 aromatic carbocycles. The van der Waals surface area contributed by atoms with Crippen molar-refractivity contribution < 1.29 is 19.5 Å². The average Bonchev–Trinajstić information content (AvgIpc) is 3.17. The van der Waals surface area contributed by atoms with E-state index in [9.17, 15) is 0 Å². The Balaban J connectivity index is 0.00000289. The van der Waals surface area contributed by atoms with Crippen molar-refractivity contribution in [3.05, 3.63) is 108 Å². The molecule has 0 aromatic heterocycles. The SMILES string of the molecule is [S-]C(=Nc1ccccc1)N/N=C1\C(=N\NC([S-])=Nc2ccccc2)c2cccc3cccc1c23.[Zn+2]. The van der Waals surface area contributed by atoms with Crippen LogP contribution in [-0.4, -0.2) is 21.8 Å². The Morgan fingerprint density at radius 1 is 0.543 bits per heavy atom. The zero-order chi connectivity index (χ0) is 23.3. The van der Waals surface area contributed by atoms with Crippen LogP contribution in [0.5, 0.6) is 0 Å². The van der Waals surface area contributed by atoms with Gasteiger partial charge >= 0.3 is 19.5 Å². The predicted molar refractivity (Wildman–Crippen MR) is 145 cm³/mol. The van der Waals surface area contributed by atoms with Gasteiger partial charge in [-0.3, -0.25) is 20.8 Å². The third-order valence-electron chi connectivity index (χ3n) is 5.14. The normalized spacial score (nSPS) is 15.3. The number of hydrogen-bond acceptors (Lipinski definition) is 6. The van der Waals surface area contributed by atoms with Crippen molar-refractivity contribution in [3.63, 3.8) is 0 Å². The molecule has 0 saturated carbocycles. The second-order valence-corrected chi connectivity index (χ2v) is 8.13. The quantitative estimate of drug-likeness (QED) is 0.126. The molecule has 0 heterocycles. The van der Waals surface area contributed by atoms with E-state index in [1.807, 2.05) is 84.9 Å². The smallest absolute Gasteiger partial charge is 0.741 e. The minimum atomic E-state index is 0. The Hall–Kier alpha value is -3.52. The number of aliphatic imine (C=N–C) groups is 2. The fourth-order valence-corrected chi connectivity index (χ4v) is 4.02. The van der Waals surface area contributed by atoms with Gasteiger partial charge in [0.2, 0.25) is 0 Å². The van der Waals surface area contributed by atoms with Gasteiger partial charge in [0, 0.05) is 26.8 Å². The molecule has 35 heavy (non-hydrogen) atoms. The second kappa shape index (κ2) is 11.3. The van der Waals surface area contributed by atoms with Gasteiger partial charge in [0.25, 0.3) is 0 Å². The van der Waals surface area contributed by atoms with E-state index in [1.165, 1.54) is 0 Å². The van der Waals surface area contributed by atoms with Crippen LogP contribution in [0, 0.1) is 0 Å². The Bertz CT molecular complexity index is 1360. The molecule has 1 aliphatic rings. The Labute approximate surface area is 226 Å². The van der Waals surface area contributed by atoms with Crippen molar-refractivity contribution in [2.24, 2.45) is 20.2 Å². The van der Waals surface area contributed by atoms with Gasteiger partial charge in [-0.1, -0.05) is 72.8 Å². The van der Waals surface area contributed by atoms with Crippen molar-refractivity contribution in [2.45, 2.75) is 0 Å². The van der Waals surface area contributed by atoms with Crippen LogP contribution in [0.2, 0.25) is 0 Å². The third kappa shape index (κ3) is 5.60. The molecule has 0 amide bonds. The molecule has 0 radical (unpaired) electrons. The van der Waals surface area contributed by atoms with Crippen LogP contribution >= 0.6 is 0 Å². The molecule has 0 unspecified atom stereocenters. The third-order valence-corrected chi connectivity index (χ3v) is 5.50. The maximum atomic E-state index is 5.38. The van der Waals surface area contributed by atoms with E-state index in [0.29, 0.717) is 11.4 Å². The van der Waals surface area contributed by atoms with Gasteiger partial charge in [0.15, 0.2) is 0 Å². The van der Waals surface area contributed by atoms with Crippen LogP contribution in [0.3, 0.4) is 0 Å².